The van der Waals surface area contributed by atoms with Crippen molar-refractivity contribution in [1.29, 1.82) is 0 Å². The van der Waals surface area contributed by atoms with Crippen LogP contribution in [0.25, 0.3) is 22.6 Å². The molecule has 2 N–H and O–H groups in total. The largest absolute Gasteiger partial charge is 0.436 e. The second kappa shape index (κ2) is 5.37. The third-order valence-corrected chi connectivity index (χ3v) is 4.25. The van der Waals surface area contributed by atoms with E-state index in [0.29, 0.717) is 11.6 Å². The van der Waals surface area contributed by atoms with Gasteiger partial charge in [-0.15, -0.1) is 0 Å². The Balaban J connectivity index is 1.63. The Kier molecular flexibility index (Phi) is 3.22. The van der Waals surface area contributed by atoms with Crippen molar-refractivity contribution in [3.63, 3.8) is 0 Å². The zero-order chi connectivity index (χ0) is 14.9. The number of piperidine rings is 1. The Morgan fingerprint density at radius 1 is 0.955 bits per heavy atom. The molecule has 1 aliphatic heterocycles. The van der Waals surface area contributed by atoms with E-state index in [-0.39, 0.29) is 0 Å². The van der Waals surface area contributed by atoms with Gasteiger partial charge in [-0.25, -0.2) is 4.98 Å². The summed E-state index contributed by atoms with van der Waals surface area (Å²) in [7, 11) is 0. The number of benzene rings is 2. The van der Waals surface area contributed by atoms with Crippen LogP contribution < -0.4 is 10.6 Å². The molecule has 0 aliphatic carbocycles. The lowest BCUT2D eigenvalue weighted by molar-refractivity contribution is 0.578. The molecule has 1 aliphatic rings. The van der Waals surface area contributed by atoms with E-state index in [0.717, 1.165) is 29.8 Å². The molecule has 2 aromatic carbocycles. The second-order valence-electron chi connectivity index (χ2n) is 5.84. The van der Waals surface area contributed by atoms with Crippen molar-refractivity contribution >= 4 is 22.5 Å². The summed E-state index contributed by atoms with van der Waals surface area (Å²) < 4.78 is 5.81. The molecule has 3 aromatic rings. The van der Waals surface area contributed by atoms with Crippen molar-refractivity contribution in [3.8, 4) is 11.5 Å². The molecule has 4 heteroatoms. The first-order valence-corrected chi connectivity index (χ1v) is 7.81. The van der Waals surface area contributed by atoms with Gasteiger partial charge >= 0.3 is 0 Å². The number of nitrogen functional groups attached to an aromatic ring is 1. The fourth-order valence-electron chi connectivity index (χ4n) is 3.03. The zero-order valence-corrected chi connectivity index (χ0v) is 12.5. The quantitative estimate of drug-likeness (QED) is 0.724. The van der Waals surface area contributed by atoms with E-state index >= 15 is 0 Å². The minimum Gasteiger partial charge on any atom is -0.436 e. The summed E-state index contributed by atoms with van der Waals surface area (Å²) in [6.07, 6.45) is 3.92. The lowest BCUT2D eigenvalue weighted by atomic mass is 10.1. The molecule has 0 atom stereocenters. The molecule has 2 heterocycles. The highest BCUT2D eigenvalue weighted by atomic mass is 16.3. The summed E-state index contributed by atoms with van der Waals surface area (Å²) in [5, 5.41) is 0. The number of oxazole rings is 1. The Hall–Kier alpha value is -2.49. The van der Waals surface area contributed by atoms with Crippen molar-refractivity contribution in [1.82, 2.24) is 4.98 Å². The van der Waals surface area contributed by atoms with E-state index in [9.17, 15) is 0 Å². The molecule has 1 fully saturated rings. The van der Waals surface area contributed by atoms with Crippen LogP contribution in [-0.4, -0.2) is 18.1 Å². The highest BCUT2D eigenvalue weighted by Crippen LogP contribution is 2.28. The van der Waals surface area contributed by atoms with Gasteiger partial charge in [-0.3, -0.25) is 0 Å². The third kappa shape index (κ3) is 2.41. The van der Waals surface area contributed by atoms with Crippen LogP contribution in [0.5, 0.6) is 0 Å². The van der Waals surface area contributed by atoms with Crippen molar-refractivity contribution in [2.24, 2.45) is 0 Å². The topological polar surface area (TPSA) is 55.3 Å². The molecular weight excluding hydrogens is 274 g/mol. The number of rotatable bonds is 2. The molecule has 0 amide bonds. The molecule has 22 heavy (non-hydrogen) atoms. The van der Waals surface area contributed by atoms with Crippen molar-refractivity contribution < 1.29 is 4.42 Å². The maximum Gasteiger partial charge on any atom is 0.227 e. The summed E-state index contributed by atoms with van der Waals surface area (Å²) in [5.41, 5.74) is 10.3. The standard InChI is InChI=1S/C18H19N3O/c19-14-6-9-17-16(12-14)20-18(22-17)13-4-7-15(8-5-13)21-10-2-1-3-11-21/h4-9,12H,1-3,10-11,19H2. The number of aromatic nitrogens is 1. The van der Waals surface area contributed by atoms with Gasteiger partial charge in [0.25, 0.3) is 0 Å². The number of anilines is 2. The Labute approximate surface area is 129 Å². The van der Waals surface area contributed by atoms with Gasteiger partial charge in [0.1, 0.15) is 5.52 Å². The van der Waals surface area contributed by atoms with Gasteiger partial charge in [0.05, 0.1) is 0 Å². The zero-order valence-electron chi connectivity index (χ0n) is 12.5. The molecule has 0 saturated carbocycles. The minimum atomic E-state index is 0.644. The van der Waals surface area contributed by atoms with Crippen LogP contribution in [-0.2, 0) is 0 Å². The summed E-state index contributed by atoms with van der Waals surface area (Å²) >= 11 is 0. The number of fused-ring (bicyclic) bond motifs is 1. The lowest BCUT2D eigenvalue weighted by Crippen LogP contribution is -2.29. The number of nitrogens with zero attached hydrogens (tertiary/aromatic N) is 2. The maximum absolute atomic E-state index is 5.81. The van der Waals surface area contributed by atoms with E-state index in [2.05, 4.69) is 34.1 Å². The highest BCUT2D eigenvalue weighted by molar-refractivity contribution is 5.79. The van der Waals surface area contributed by atoms with Crippen LogP contribution in [0.3, 0.4) is 0 Å². The predicted molar refractivity (Wildman–Crippen MR) is 89.9 cm³/mol. The molecule has 0 radical (unpaired) electrons. The molecule has 112 valence electrons. The van der Waals surface area contributed by atoms with Crippen LogP contribution in [0, 0.1) is 0 Å². The maximum atomic E-state index is 5.81. The van der Waals surface area contributed by atoms with Gasteiger partial charge in [-0.2, -0.15) is 0 Å². The first-order valence-electron chi connectivity index (χ1n) is 7.81. The molecule has 0 spiro atoms. The average Bonchev–Trinajstić information content (AvgIpc) is 2.99. The normalized spacial score (nSPS) is 15.4. The highest BCUT2D eigenvalue weighted by Gasteiger charge is 2.12. The summed E-state index contributed by atoms with van der Waals surface area (Å²) in [6, 6.07) is 14.0. The Morgan fingerprint density at radius 2 is 1.73 bits per heavy atom. The summed E-state index contributed by atoms with van der Waals surface area (Å²) in [5.74, 6) is 0.644. The predicted octanol–water partition coefficient (Wildman–Crippen LogP) is 4.07. The summed E-state index contributed by atoms with van der Waals surface area (Å²) in [6.45, 7) is 2.31. The molecule has 0 bridgehead atoms. The third-order valence-electron chi connectivity index (χ3n) is 4.25. The second-order valence-corrected chi connectivity index (χ2v) is 5.84. The van der Waals surface area contributed by atoms with Crippen molar-refractivity contribution in [2.45, 2.75) is 19.3 Å². The molecule has 1 aromatic heterocycles. The first-order chi connectivity index (χ1) is 10.8. The fraction of sp³-hybridized carbons (Fsp3) is 0.278. The van der Waals surface area contributed by atoms with Crippen molar-refractivity contribution in [3.05, 3.63) is 42.5 Å². The number of hydrogen-bond donors (Lipinski definition) is 1. The number of hydrogen-bond acceptors (Lipinski definition) is 4. The van der Waals surface area contributed by atoms with E-state index in [1.54, 1.807) is 0 Å². The van der Waals surface area contributed by atoms with Gasteiger partial charge in [-0.05, 0) is 61.7 Å². The van der Waals surface area contributed by atoms with E-state index < -0.39 is 0 Å². The van der Waals surface area contributed by atoms with Crippen molar-refractivity contribution in [2.75, 3.05) is 23.7 Å². The SMILES string of the molecule is Nc1ccc2oc(-c3ccc(N4CCCCC4)cc3)nc2c1. The van der Waals surface area contributed by atoms with E-state index in [1.807, 2.05) is 18.2 Å². The van der Waals surface area contributed by atoms with Gasteiger partial charge in [-0.1, -0.05) is 0 Å². The molecule has 4 nitrogen and oxygen atoms in total. The van der Waals surface area contributed by atoms with Crippen LogP contribution in [0.15, 0.2) is 46.9 Å². The van der Waals surface area contributed by atoms with Gasteiger partial charge < -0.3 is 15.1 Å². The molecule has 0 unspecified atom stereocenters. The van der Waals surface area contributed by atoms with Crippen LogP contribution in [0.2, 0.25) is 0 Å². The van der Waals surface area contributed by atoms with E-state index in [1.165, 1.54) is 24.9 Å². The van der Waals surface area contributed by atoms with E-state index in [4.69, 9.17) is 10.2 Å². The monoisotopic (exact) mass is 293 g/mol. The van der Waals surface area contributed by atoms with Gasteiger partial charge in [0.15, 0.2) is 5.58 Å². The minimum absolute atomic E-state index is 0.644. The molecule has 1 saturated heterocycles. The molecular formula is C18H19N3O. The first kappa shape index (κ1) is 13.2. The lowest BCUT2D eigenvalue weighted by Gasteiger charge is -2.28. The average molecular weight is 293 g/mol. The summed E-state index contributed by atoms with van der Waals surface area (Å²) in [4.78, 5) is 6.97. The fourth-order valence-corrected chi connectivity index (χ4v) is 3.03. The van der Waals surface area contributed by atoms with Crippen LogP contribution in [0.1, 0.15) is 19.3 Å². The smallest absolute Gasteiger partial charge is 0.227 e. The van der Waals surface area contributed by atoms with Crippen LogP contribution >= 0.6 is 0 Å². The van der Waals surface area contributed by atoms with Crippen LogP contribution in [0.4, 0.5) is 11.4 Å². The Morgan fingerprint density at radius 3 is 2.50 bits per heavy atom. The Bertz CT molecular complexity index is 786. The molecule has 4 rings (SSSR count). The van der Waals surface area contributed by atoms with Gasteiger partial charge in [0, 0.05) is 30.0 Å². The van der Waals surface area contributed by atoms with Gasteiger partial charge in [0.2, 0.25) is 5.89 Å². The number of nitrogens with two attached hydrogens (primary N) is 1.